The van der Waals surface area contributed by atoms with E-state index in [-0.39, 0.29) is 16.7 Å². The zero-order valence-corrected chi connectivity index (χ0v) is 15.6. The molecule has 0 amide bonds. The largest absolute Gasteiger partial charge is 0.411 e. The molecule has 2 nitrogen and oxygen atoms in total. The lowest BCUT2D eigenvalue weighted by Crippen LogP contribution is -2.63. The molecule has 0 saturated heterocycles. The van der Waals surface area contributed by atoms with Crippen LogP contribution in [0.3, 0.4) is 0 Å². The van der Waals surface area contributed by atoms with Gasteiger partial charge in [0.2, 0.25) is 8.32 Å². The summed E-state index contributed by atoms with van der Waals surface area (Å²) < 4.78 is 6.67. The summed E-state index contributed by atoms with van der Waals surface area (Å²) in [4.78, 5) is 0. The van der Waals surface area contributed by atoms with Gasteiger partial charge in [-0.2, -0.15) is 0 Å². The second-order valence-electron chi connectivity index (χ2n) is 7.83. The number of unbranched alkanes of at least 4 members (excludes halogenated alkanes) is 1. The van der Waals surface area contributed by atoms with Crippen molar-refractivity contribution in [2.24, 2.45) is 0 Å². The molecule has 0 fully saturated rings. The molecule has 0 spiro atoms. The van der Waals surface area contributed by atoms with Crippen LogP contribution in [0.25, 0.3) is 0 Å². The van der Waals surface area contributed by atoms with Gasteiger partial charge in [-0.25, -0.2) is 0 Å². The second-order valence-corrected chi connectivity index (χ2v) is 13.1. The molecule has 3 heteroatoms. The monoisotopic (exact) mass is 308 g/mol. The van der Waals surface area contributed by atoms with Crippen LogP contribution in [0.15, 0.2) is 30.3 Å². The molecule has 1 aromatic carbocycles. The first kappa shape index (κ1) is 18.4. The Hall–Kier alpha value is -0.643. The van der Waals surface area contributed by atoms with Crippen LogP contribution >= 0.6 is 0 Å². The maximum Gasteiger partial charge on any atom is 0.234 e. The van der Waals surface area contributed by atoms with Crippen molar-refractivity contribution in [2.45, 2.75) is 64.5 Å². The van der Waals surface area contributed by atoms with E-state index in [4.69, 9.17) is 9.53 Å². The smallest absolute Gasteiger partial charge is 0.234 e. The molecule has 120 valence electrons. The Balaban J connectivity index is 3.25. The molecule has 0 aliphatic rings. The highest BCUT2D eigenvalue weighted by Gasteiger charge is 2.56. The predicted octanol–water partition coefficient (Wildman–Crippen LogP) is 4.23. The fourth-order valence-electron chi connectivity index (χ4n) is 3.62. The van der Waals surface area contributed by atoms with Crippen molar-refractivity contribution in [2.75, 3.05) is 13.2 Å². The molecule has 1 N–H and O–H groups in total. The number of aliphatic hydroxyl groups excluding tert-OH is 1. The van der Waals surface area contributed by atoms with Gasteiger partial charge in [-0.1, -0.05) is 71.9 Å². The first-order valence-corrected chi connectivity index (χ1v) is 9.88. The minimum absolute atomic E-state index is 0.103. The Morgan fingerprint density at radius 3 is 1.86 bits per heavy atom. The SMILES string of the molecule is CC(C)(C)[Si](OCCCCO)(c1ccccc1)C(C)(C)C. The first-order chi connectivity index (χ1) is 9.67. The van der Waals surface area contributed by atoms with Crippen LogP contribution in [0.1, 0.15) is 54.4 Å². The van der Waals surface area contributed by atoms with Crippen LogP contribution < -0.4 is 5.19 Å². The van der Waals surface area contributed by atoms with Gasteiger partial charge in [0, 0.05) is 13.2 Å². The molecular formula is C18H32O2Si. The Labute approximate surface area is 131 Å². The maximum absolute atomic E-state index is 8.99. The number of hydrogen-bond donors (Lipinski definition) is 1. The summed E-state index contributed by atoms with van der Waals surface area (Å²) in [6.07, 6.45) is 1.73. The number of hydrogen-bond acceptors (Lipinski definition) is 2. The van der Waals surface area contributed by atoms with Gasteiger partial charge in [0.05, 0.1) is 0 Å². The lowest BCUT2D eigenvalue weighted by molar-refractivity contribution is 0.233. The molecule has 1 rings (SSSR count). The Kier molecular flexibility index (Phi) is 6.20. The minimum Gasteiger partial charge on any atom is -0.411 e. The standard InChI is InChI=1S/C18H32O2Si/c1-17(2,3)21(18(4,5)6,20-15-11-10-14-19)16-12-8-7-9-13-16/h7-9,12-13,19H,10-11,14-15H2,1-6H3. The second kappa shape index (κ2) is 7.08. The lowest BCUT2D eigenvalue weighted by atomic mass is 10.2. The van der Waals surface area contributed by atoms with Crippen molar-refractivity contribution >= 4 is 13.5 Å². The van der Waals surface area contributed by atoms with E-state index in [0.717, 1.165) is 19.4 Å². The average Bonchev–Trinajstić information content (AvgIpc) is 2.37. The van der Waals surface area contributed by atoms with Crippen LogP contribution in [0.2, 0.25) is 10.1 Å². The highest BCUT2D eigenvalue weighted by atomic mass is 28.4. The molecule has 21 heavy (non-hydrogen) atoms. The van der Waals surface area contributed by atoms with Crippen LogP contribution in [-0.4, -0.2) is 26.6 Å². The van der Waals surface area contributed by atoms with Gasteiger partial charge in [-0.15, -0.1) is 0 Å². The maximum atomic E-state index is 8.99. The van der Waals surface area contributed by atoms with E-state index in [0.29, 0.717) is 0 Å². The lowest BCUT2D eigenvalue weighted by Gasteiger charge is -2.51. The minimum atomic E-state index is -2.21. The number of benzene rings is 1. The highest BCUT2D eigenvalue weighted by Crippen LogP contribution is 2.51. The van der Waals surface area contributed by atoms with E-state index in [2.05, 4.69) is 71.9 Å². The van der Waals surface area contributed by atoms with Gasteiger partial charge in [0.1, 0.15) is 0 Å². The van der Waals surface area contributed by atoms with Gasteiger partial charge < -0.3 is 9.53 Å². The highest BCUT2D eigenvalue weighted by molar-refractivity contribution is 6.91. The molecule has 0 unspecified atom stereocenters. The molecule has 1 aromatic rings. The summed E-state index contributed by atoms with van der Waals surface area (Å²) >= 11 is 0. The van der Waals surface area contributed by atoms with Gasteiger partial charge in [0.25, 0.3) is 0 Å². The zero-order chi connectivity index (χ0) is 16.1. The van der Waals surface area contributed by atoms with Crippen LogP contribution in [0.4, 0.5) is 0 Å². The Bertz CT molecular complexity index is 401. The fourth-order valence-corrected chi connectivity index (χ4v) is 9.75. The van der Waals surface area contributed by atoms with Gasteiger partial charge in [0.15, 0.2) is 0 Å². The quantitative estimate of drug-likeness (QED) is 0.629. The van der Waals surface area contributed by atoms with E-state index in [1.807, 2.05) is 0 Å². The van der Waals surface area contributed by atoms with Crippen molar-refractivity contribution < 1.29 is 9.53 Å². The molecule has 0 bridgehead atoms. The predicted molar refractivity (Wildman–Crippen MR) is 93.5 cm³/mol. The zero-order valence-electron chi connectivity index (χ0n) is 14.6. The summed E-state index contributed by atoms with van der Waals surface area (Å²) in [5.41, 5.74) is 0. The average molecular weight is 309 g/mol. The fraction of sp³-hybridized carbons (Fsp3) is 0.667. The number of aliphatic hydroxyl groups is 1. The van der Waals surface area contributed by atoms with Crippen molar-refractivity contribution in [3.8, 4) is 0 Å². The topological polar surface area (TPSA) is 29.5 Å². The molecule has 0 heterocycles. The van der Waals surface area contributed by atoms with E-state index < -0.39 is 8.32 Å². The summed E-state index contributed by atoms with van der Waals surface area (Å²) in [6.45, 7) is 14.8. The molecule has 0 saturated carbocycles. The van der Waals surface area contributed by atoms with E-state index in [1.165, 1.54) is 5.19 Å². The third kappa shape index (κ3) is 3.96. The summed E-state index contributed by atoms with van der Waals surface area (Å²) in [5, 5.41) is 10.6. The molecule has 0 aromatic heterocycles. The molecule has 0 atom stereocenters. The molecule has 0 aliphatic carbocycles. The van der Waals surface area contributed by atoms with Crippen molar-refractivity contribution in [3.05, 3.63) is 30.3 Å². The van der Waals surface area contributed by atoms with Crippen LogP contribution in [0.5, 0.6) is 0 Å². The van der Waals surface area contributed by atoms with E-state index in [1.54, 1.807) is 0 Å². The summed E-state index contributed by atoms with van der Waals surface area (Å²) in [5.74, 6) is 0. The van der Waals surface area contributed by atoms with Gasteiger partial charge in [-0.3, -0.25) is 0 Å². The van der Waals surface area contributed by atoms with E-state index >= 15 is 0 Å². The Morgan fingerprint density at radius 2 is 1.43 bits per heavy atom. The van der Waals surface area contributed by atoms with Crippen LogP contribution in [0, 0.1) is 0 Å². The third-order valence-corrected chi connectivity index (χ3v) is 10.2. The molecular weight excluding hydrogens is 276 g/mol. The first-order valence-electron chi connectivity index (χ1n) is 7.97. The third-order valence-electron chi connectivity index (χ3n) is 4.16. The Morgan fingerprint density at radius 1 is 0.905 bits per heavy atom. The van der Waals surface area contributed by atoms with Gasteiger partial charge >= 0.3 is 0 Å². The van der Waals surface area contributed by atoms with Crippen molar-refractivity contribution in [1.29, 1.82) is 0 Å². The van der Waals surface area contributed by atoms with E-state index in [9.17, 15) is 0 Å². The number of rotatable bonds is 6. The normalized spacial score (nSPS) is 13.5. The molecule has 0 aliphatic heterocycles. The van der Waals surface area contributed by atoms with Crippen LogP contribution in [-0.2, 0) is 4.43 Å². The summed E-state index contributed by atoms with van der Waals surface area (Å²) in [6, 6.07) is 10.8. The summed E-state index contributed by atoms with van der Waals surface area (Å²) in [7, 11) is -2.21. The molecule has 0 radical (unpaired) electrons. The van der Waals surface area contributed by atoms with Crippen molar-refractivity contribution in [1.82, 2.24) is 0 Å². The van der Waals surface area contributed by atoms with Gasteiger partial charge in [-0.05, 0) is 28.1 Å². The van der Waals surface area contributed by atoms with Crippen molar-refractivity contribution in [3.63, 3.8) is 0 Å².